The highest BCUT2D eigenvalue weighted by Gasteiger charge is 2.59. The number of allylic oxidation sites excluding steroid dienone is 4. The van der Waals surface area contributed by atoms with Crippen LogP contribution >= 0.6 is 0 Å². The van der Waals surface area contributed by atoms with Gasteiger partial charge < -0.3 is 4.74 Å². The zero-order chi connectivity index (χ0) is 13.6. The van der Waals surface area contributed by atoms with Crippen molar-refractivity contribution < 1.29 is 4.74 Å². The van der Waals surface area contributed by atoms with E-state index in [2.05, 4.69) is 24.3 Å². The molecule has 0 N–H and O–H groups in total. The smallest absolute Gasteiger partial charge is 0.0638 e. The summed E-state index contributed by atoms with van der Waals surface area (Å²) in [6.07, 6.45) is 19.7. The summed E-state index contributed by atoms with van der Waals surface area (Å²) in [5.74, 6) is 7.33. The largest absolute Gasteiger partial charge is 0.374 e. The van der Waals surface area contributed by atoms with E-state index in [1.54, 1.807) is 0 Å². The molecule has 10 atom stereocenters. The zero-order valence-corrected chi connectivity index (χ0v) is 12.7. The van der Waals surface area contributed by atoms with Crippen LogP contribution in [0.5, 0.6) is 0 Å². The molecule has 0 heterocycles. The fourth-order valence-electron chi connectivity index (χ4n) is 7.09. The molecule has 112 valence electrons. The average Bonchev–Trinajstić information content (AvgIpc) is 3.14. The number of hydrogen-bond acceptors (Lipinski definition) is 1. The molecule has 0 spiro atoms. The Morgan fingerprint density at radius 2 is 1.14 bits per heavy atom. The highest BCUT2D eigenvalue weighted by Crippen LogP contribution is 2.61. The topological polar surface area (TPSA) is 9.23 Å². The number of rotatable bonds is 2. The van der Waals surface area contributed by atoms with Gasteiger partial charge in [0.15, 0.2) is 0 Å². The fraction of sp³-hybridized carbons (Fsp3) is 0.800. The highest BCUT2D eigenvalue weighted by molar-refractivity contribution is 5.16. The van der Waals surface area contributed by atoms with Gasteiger partial charge in [-0.3, -0.25) is 0 Å². The van der Waals surface area contributed by atoms with Gasteiger partial charge in [-0.05, 0) is 85.9 Å². The zero-order valence-electron chi connectivity index (χ0n) is 12.7. The normalized spacial score (nSPS) is 61.9. The summed E-state index contributed by atoms with van der Waals surface area (Å²) in [6.45, 7) is 0. The SMILES string of the molecule is C1=CC2CC3CC(C2C1)C3OC1C2CC3C=CCC3C1C2. The molecule has 1 heteroatoms. The van der Waals surface area contributed by atoms with Crippen molar-refractivity contribution in [3.63, 3.8) is 0 Å². The summed E-state index contributed by atoms with van der Waals surface area (Å²) >= 11 is 0. The van der Waals surface area contributed by atoms with E-state index in [0.717, 1.165) is 47.3 Å². The Hall–Kier alpha value is -0.560. The van der Waals surface area contributed by atoms with Crippen LogP contribution < -0.4 is 0 Å². The average molecular weight is 282 g/mol. The number of fused-ring (bicyclic) bond motifs is 4. The van der Waals surface area contributed by atoms with Crippen LogP contribution in [0.1, 0.15) is 38.5 Å². The van der Waals surface area contributed by atoms with E-state index in [0.29, 0.717) is 12.2 Å². The van der Waals surface area contributed by atoms with Gasteiger partial charge in [0.1, 0.15) is 0 Å². The van der Waals surface area contributed by atoms with Gasteiger partial charge in [-0.2, -0.15) is 0 Å². The van der Waals surface area contributed by atoms with Gasteiger partial charge in [-0.1, -0.05) is 24.3 Å². The molecule has 0 saturated heterocycles. The molecule has 7 aliphatic rings. The Morgan fingerprint density at radius 3 is 1.67 bits per heavy atom. The molecule has 21 heavy (non-hydrogen) atoms. The van der Waals surface area contributed by atoms with Crippen LogP contribution in [0.4, 0.5) is 0 Å². The summed E-state index contributed by atoms with van der Waals surface area (Å²) in [7, 11) is 0. The second-order valence-electron chi connectivity index (χ2n) is 8.84. The highest BCUT2D eigenvalue weighted by atomic mass is 16.5. The van der Waals surface area contributed by atoms with Crippen LogP contribution in [-0.4, -0.2) is 12.2 Å². The van der Waals surface area contributed by atoms with E-state index in [4.69, 9.17) is 4.74 Å². The Kier molecular flexibility index (Phi) is 2.30. The minimum absolute atomic E-state index is 0.646. The molecule has 0 aliphatic heterocycles. The molecule has 10 unspecified atom stereocenters. The van der Waals surface area contributed by atoms with Gasteiger partial charge in [0.05, 0.1) is 12.2 Å². The summed E-state index contributed by atoms with van der Waals surface area (Å²) in [6, 6.07) is 0. The molecule has 0 radical (unpaired) electrons. The van der Waals surface area contributed by atoms with Crippen molar-refractivity contribution >= 4 is 0 Å². The van der Waals surface area contributed by atoms with Crippen molar-refractivity contribution in [2.75, 3.05) is 0 Å². The molecule has 7 rings (SSSR count). The maximum Gasteiger partial charge on any atom is 0.0638 e. The molecule has 5 saturated carbocycles. The molecule has 7 aliphatic carbocycles. The van der Waals surface area contributed by atoms with Crippen LogP contribution in [0.3, 0.4) is 0 Å². The third-order valence-corrected chi connectivity index (χ3v) is 8.17. The monoisotopic (exact) mass is 282 g/mol. The van der Waals surface area contributed by atoms with E-state index in [1.165, 1.54) is 38.5 Å². The number of ether oxygens (including phenoxy) is 1. The van der Waals surface area contributed by atoms with Gasteiger partial charge in [-0.15, -0.1) is 0 Å². The van der Waals surface area contributed by atoms with Gasteiger partial charge >= 0.3 is 0 Å². The lowest BCUT2D eigenvalue weighted by Gasteiger charge is -2.61. The third kappa shape index (κ3) is 1.47. The van der Waals surface area contributed by atoms with Crippen LogP contribution in [-0.2, 0) is 4.74 Å². The van der Waals surface area contributed by atoms with Crippen molar-refractivity contribution in [1.82, 2.24) is 0 Å². The quantitative estimate of drug-likeness (QED) is 0.690. The Balaban J connectivity index is 1.18. The first-order valence-corrected chi connectivity index (χ1v) is 9.37. The van der Waals surface area contributed by atoms with Crippen LogP contribution in [0, 0.1) is 47.3 Å². The van der Waals surface area contributed by atoms with E-state index < -0.39 is 0 Å². The van der Waals surface area contributed by atoms with E-state index >= 15 is 0 Å². The second kappa shape index (κ2) is 4.04. The first kappa shape index (κ1) is 11.9. The third-order valence-electron chi connectivity index (χ3n) is 8.17. The van der Waals surface area contributed by atoms with Crippen LogP contribution in [0.2, 0.25) is 0 Å². The van der Waals surface area contributed by atoms with Crippen molar-refractivity contribution in [3.05, 3.63) is 24.3 Å². The first-order valence-electron chi connectivity index (χ1n) is 9.37. The molecular weight excluding hydrogens is 256 g/mol. The molecule has 4 bridgehead atoms. The lowest BCUT2D eigenvalue weighted by molar-refractivity contribution is -0.245. The predicted molar refractivity (Wildman–Crippen MR) is 82.6 cm³/mol. The first-order chi connectivity index (χ1) is 10.4. The summed E-state index contributed by atoms with van der Waals surface area (Å²) in [5, 5.41) is 0. The maximum absolute atomic E-state index is 6.82. The second-order valence-corrected chi connectivity index (χ2v) is 8.84. The Labute approximate surface area is 127 Å². The summed E-state index contributed by atoms with van der Waals surface area (Å²) < 4.78 is 6.82. The predicted octanol–water partition coefficient (Wildman–Crippen LogP) is 4.20. The standard InChI is InChI=1S/C20H26O/c1-3-11-7-13-9-17(15(11)5-1)19(13)21-20-14-8-12-4-2-6-16(12)18(20)10-14/h1-4,11-20H,5-10H2. The lowest BCUT2D eigenvalue weighted by atomic mass is 9.52. The fourth-order valence-corrected chi connectivity index (χ4v) is 7.09. The number of hydrogen-bond donors (Lipinski definition) is 0. The summed E-state index contributed by atoms with van der Waals surface area (Å²) in [5.41, 5.74) is 0. The maximum atomic E-state index is 6.82. The van der Waals surface area contributed by atoms with Crippen molar-refractivity contribution in [3.8, 4) is 0 Å². The minimum Gasteiger partial charge on any atom is -0.374 e. The van der Waals surface area contributed by atoms with Crippen LogP contribution in [0.25, 0.3) is 0 Å². The Bertz CT molecular complexity index is 474. The Morgan fingerprint density at radius 1 is 0.619 bits per heavy atom. The van der Waals surface area contributed by atoms with Crippen molar-refractivity contribution in [1.29, 1.82) is 0 Å². The van der Waals surface area contributed by atoms with Crippen molar-refractivity contribution in [2.45, 2.75) is 50.7 Å². The van der Waals surface area contributed by atoms with Gasteiger partial charge in [0, 0.05) is 0 Å². The van der Waals surface area contributed by atoms with Gasteiger partial charge in [0.2, 0.25) is 0 Å². The molecule has 0 aromatic heterocycles. The molecule has 0 amide bonds. The molecule has 1 nitrogen and oxygen atoms in total. The molecule has 5 fully saturated rings. The molecule has 0 aromatic rings. The van der Waals surface area contributed by atoms with E-state index in [-0.39, 0.29) is 0 Å². The lowest BCUT2D eigenvalue weighted by Crippen LogP contribution is -2.60. The minimum atomic E-state index is 0.646. The van der Waals surface area contributed by atoms with Crippen LogP contribution in [0.15, 0.2) is 24.3 Å². The van der Waals surface area contributed by atoms with E-state index in [1.807, 2.05) is 0 Å². The van der Waals surface area contributed by atoms with Gasteiger partial charge in [0.25, 0.3) is 0 Å². The molecule has 0 aromatic carbocycles. The van der Waals surface area contributed by atoms with Gasteiger partial charge in [-0.25, -0.2) is 0 Å². The van der Waals surface area contributed by atoms with E-state index in [9.17, 15) is 0 Å². The summed E-state index contributed by atoms with van der Waals surface area (Å²) in [4.78, 5) is 0. The molecular formula is C20H26O. The van der Waals surface area contributed by atoms with Crippen molar-refractivity contribution in [2.24, 2.45) is 47.3 Å².